The van der Waals surface area contributed by atoms with E-state index in [2.05, 4.69) is 26.8 Å². The Labute approximate surface area is 105 Å². The first-order chi connectivity index (χ1) is 8.63. The Morgan fingerprint density at radius 3 is 2.67 bits per heavy atom. The maximum absolute atomic E-state index is 12.7. The molecule has 5 nitrogen and oxygen atoms in total. The SMILES string of the molecule is CN1CC(CO)CC12CN(c1ncc(F)cn1)C2. The smallest absolute Gasteiger partial charge is 0.225 e. The fraction of sp³-hybridized carbons (Fsp3) is 0.667. The van der Waals surface area contributed by atoms with Crippen LogP contribution in [0, 0.1) is 11.7 Å². The largest absolute Gasteiger partial charge is 0.396 e. The van der Waals surface area contributed by atoms with Gasteiger partial charge in [-0.2, -0.15) is 0 Å². The number of nitrogens with zero attached hydrogens (tertiary/aromatic N) is 4. The van der Waals surface area contributed by atoms with Gasteiger partial charge in [0.15, 0.2) is 5.82 Å². The van der Waals surface area contributed by atoms with Crippen LogP contribution in [0.2, 0.25) is 0 Å². The van der Waals surface area contributed by atoms with Crippen molar-refractivity contribution >= 4 is 5.95 Å². The van der Waals surface area contributed by atoms with Gasteiger partial charge >= 0.3 is 0 Å². The van der Waals surface area contributed by atoms with E-state index in [4.69, 9.17) is 0 Å². The summed E-state index contributed by atoms with van der Waals surface area (Å²) in [5.74, 6) is 0.543. The predicted octanol–water partition coefficient (Wildman–Crippen LogP) is 0.118. The zero-order valence-electron chi connectivity index (χ0n) is 10.4. The lowest BCUT2D eigenvalue weighted by Gasteiger charge is -2.51. The highest BCUT2D eigenvalue weighted by Gasteiger charge is 2.52. The second-order valence-corrected chi connectivity index (χ2v) is 5.41. The molecule has 3 heterocycles. The van der Waals surface area contributed by atoms with Crippen LogP contribution in [-0.2, 0) is 0 Å². The zero-order valence-corrected chi connectivity index (χ0v) is 10.4. The van der Waals surface area contributed by atoms with Gasteiger partial charge in [0, 0.05) is 26.2 Å². The molecule has 98 valence electrons. The van der Waals surface area contributed by atoms with Crippen LogP contribution in [0.4, 0.5) is 10.3 Å². The van der Waals surface area contributed by atoms with E-state index in [1.54, 1.807) is 0 Å². The number of rotatable bonds is 2. The number of aliphatic hydroxyl groups is 1. The molecule has 0 amide bonds. The van der Waals surface area contributed by atoms with Crippen molar-refractivity contribution in [2.75, 3.05) is 38.2 Å². The summed E-state index contributed by atoms with van der Waals surface area (Å²) in [4.78, 5) is 12.3. The maximum atomic E-state index is 12.7. The van der Waals surface area contributed by atoms with Gasteiger partial charge in [0.25, 0.3) is 0 Å². The van der Waals surface area contributed by atoms with E-state index in [1.807, 2.05) is 0 Å². The van der Waals surface area contributed by atoms with Crippen LogP contribution in [0.5, 0.6) is 0 Å². The summed E-state index contributed by atoms with van der Waals surface area (Å²) in [7, 11) is 2.10. The number of hydrogen-bond acceptors (Lipinski definition) is 5. The molecule has 1 spiro atoms. The molecular weight excluding hydrogens is 235 g/mol. The molecule has 0 aromatic carbocycles. The Balaban J connectivity index is 1.67. The predicted molar refractivity (Wildman–Crippen MR) is 64.8 cm³/mol. The lowest BCUT2D eigenvalue weighted by molar-refractivity contribution is 0.131. The number of aliphatic hydroxyl groups excluding tert-OH is 1. The van der Waals surface area contributed by atoms with E-state index in [0.717, 1.165) is 26.1 Å². The van der Waals surface area contributed by atoms with Crippen LogP contribution >= 0.6 is 0 Å². The molecular formula is C12H17FN4O. The maximum Gasteiger partial charge on any atom is 0.225 e. The van der Waals surface area contributed by atoms with E-state index >= 15 is 0 Å². The standard InChI is InChI=1S/C12H17FN4O/c1-16-5-9(6-18)2-12(16)7-17(8-12)11-14-3-10(13)4-15-11/h3-4,9,18H,2,5-8H2,1H3. The summed E-state index contributed by atoms with van der Waals surface area (Å²) in [6, 6.07) is 0. The van der Waals surface area contributed by atoms with E-state index in [-0.39, 0.29) is 12.1 Å². The molecule has 6 heteroatoms. The highest BCUT2D eigenvalue weighted by atomic mass is 19.1. The number of anilines is 1. The van der Waals surface area contributed by atoms with Crippen molar-refractivity contribution in [3.05, 3.63) is 18.2 Å². The molecule has 1 N–H and O–H groups in total. The van der Waals surface area contributed by atoms with Gasteiger partial charge in [-0.3, -0.25) is 4.90 Å². The molecule has 1 aromatic rings. The number of hydrogen-bond donors (Lipinski definition) is 1. The normalized spacial score (nSPS) is 26.6. The summed E-state index contributed by atoms with van der Waals surface area (Å²) in [5, 5.41) is 9.24. The van der Waals surface area contributed by atoms with Crippen LogP contribution in [0.15, 0.2) is 12.4 Å². The summed E-state index contributed by atoms with van der Waals surface area (Å²) < 4.78 is 12.7. The molecule has 0 saturated carbocycles. The first-order valence-corrected chi connectivity index (χ1v) is 6.17. The molecule has 1 aromatic heterocycles. The average molecular weight is 252 g/mol. The molecule has 2 fully saturated rings. The third-order valence-electron chi connectivity index (χ3n) is 4.13. The van der Waals surface area contributed by atoms with Gasteiger partial charge in [-0.15, -0.1) is 0 Å². The average Bonchev–Trinajstić information content (AvgIpc) is 2.66. The molecule has 1 atom stereocenters. The molecule has 1 unspecified atom stereocenters. The number of halogens is 1. The third-order valence-corrected chi connectivity index (χ3v) is 4.13. The van der Waals surface area contributed by atoms with Crippen molar-refractivity contribution in [3.63, 3.8) is 0 Å². The number of aromatic nitrogens is 2. The Morgan fingerprint density at radius 2 is 2.11 bits per heavy atom. The Hall–Kier alpha value is -1.27. The number of likely N-dealkylation sites (tertiary alicyclic amines) is 1. The molecule has 0 radical (unpaired) electrons. The quantitative estimate of drug-likeness (QED) is 0.810. The van der Waals surface area contributed by atoms with Crippen molar-refractivity contribution in [2.24, 2.45) is 5.92 Å². The zero-order chi connectivity index (χ0) is 12.8. The molecule has 2 saturated heterocycles. The monoisotopic (exact) mass is 252 g/mol. The van der Waals surface area contributed by atoms with Crippen molar-refractivity contribution in [1.29, 1.82) is 0 Å². The summed E-state index contributed by atoms with van der Waals surface area (Å²) in [5.41, 5.74) is 0.144. The lowest BCUT2D eigenvalue weighted by Crippen LogP contribution is -2.67. The van der Waals surface area contributed by atoms with Crippen LogP contribution in [0.25, 0.3) is 0 Å². The molecule has 3 rings (SSSR count). The summed E-state index contributed by atoms with van der Waals surface area (Å²) in [6.07, 6.45) is 3.40. The van der Waals surface area contributed by atoms with Gasteiger partial charge in [0.1, 0.15) is 0 Å². The van der Waals surface area contributed by atoms with E-state index < -0.39 is 5.82 Å². The minimum atomic E-state index is -0.410. The van der Waals surface area contributed by atoms with Crippen LogP contribution < -0.4 is 4.90 Å². The molecule has 18 heavy (non-hydrogen) atoms. The molecule has 2 aliphatic rings. The van der Waals surface area contributed by atoms with Gasteiger partial charge in [-0.05, 0) is 19.4 Å². The second-order valence-electron chi connectivity index (χ2n) is 5.41. The fourth-order valence-corrected chi connectivity index (χ4v) is 3.11. The van der Waals surface area contributed by atoms with E-state index in [9.17, 15) is 9.50 Å². The van der Waals surface area contributed by atoms with Crippen LogP contribution in [0.1, 0.15) is 6.42 Å². The van der Waals surface area contributed by atoms with Crippen molar-refractivity contribution in [2.45, 2.75) is 12.0 Å². The lowest BCUT2D eigenvalue weighted by atomic mass is 9.85. The van der Waals surface area contributed by atoms with Crippen molar-refractivity contribution < 1.29 is 9.50 Å². The summed E-state index contributed by atoms with van der Waals surface area (Å²) in [6.45, 7) is 2.89. The minimum Gasteiger partial charge on any atom is -0.396 e. The highest BCUT2D eigenvalue weighted by molar-refractivity contribution is 5.38. The van der Waals surface area contributed by atoms with Crippen LogP contribution in [-0.4, -0.2) is 58.8 Å². The third kappa shape index (κ3) is 1.76. The van der Waals surface area contributed by atoms with Crippen molar-refractivity contribution in [3.8, 4) is 0 Å². The Morgan fingerprint density at radius 1 is 1.44 bits per heavy atom. The molecule has 0 aliphatic carbocycles. The van der Waals surface area contributed by atoms with Gasteiger partial charge in [0.2, 0.25) is 5.95 Å². The van der Waals surface area contributed by atoms with Crippen LogP contribution in [0.3, 0.4) is 0 Å². The Kier molecular flexibility index (Phi) is 2.71. The molecule has 2 aliphatic heterocycles. The number of likely N-dealkylation sites (N-methyl/N-ethyl adjacent to an activating group) is 1. The second kappa shape index (κ2) is 4.13. The first kappa shape index (κ1) is 11.8. The Bertz CT molecular complexity index is 432. The van der Waals surface area contributed by atoms with Gasteiger partial charge in [-0.1, -0.05) is 0 Å². The highest BCUT2D eigenvalue weighted by Crippen LogP contribution is 2.40. The van der Waals surface area contributed by atoms with Gasteiger partial charge < -0.3 is 10.0 Å². The first-order valence-electron chi connectivity index (χ1n) is 6.17. The topological polar surface area (TPSA) is 52.5 Å². The van der Waals surface area contributed by atoms with Crippen molar-refractivity contribution in [1.82, 2.24) is 14.9 Å². The minimum absolute atomic E-state index is 0.144. The summed E-state index contributed by atoms with van der Waals surface area (Å²) >= 11 is 0. The van der Waals surface area contributed by atoms with Gasteiger partial charge in [-0.25, -0.2) is 14.4 Å². The van der Waals surface area contributed by atoms with Gasteiger partial charge in [0.05, 0.1) is 17.9 Å². The van der Waals surface area contributed by atoms with E-state index in [0.29, 0.717) is 11.9 Å². The fourth-order valence-electron chi connectivity index (χ4n) is 3.11. The molecule has 0 bridgehead atoms. The van der Waals surface area contributed by atoms with E-state index in [1.165, 1.54) is 12.4 Å².